The normalized spacial score (nSPS) is 15.5. The molecule has 1 saturated carbocycles. The van der Waals surface area contributed by atoms with Crippen LogP contribution in [0.1, 0.15) is 39.5 Å². The first-order valence-electron chi connectivity index (χ1n) is 7.77. The largest absolute Gasteiger partial charge is 0.490 e. The van der Waals surface area contributed by atoms with Gasteiger partial charge in [-0.15, -0.1) is 0 Å². The third-order valence-corrected chi connectivity index (χ3v) is 4.69. The Morgan fingerprint density at radius 1 is 1.14 bits per heavy atom. The van der Waals surface area contributed by atoms with E-state index in [9.17, 15) is 0 Å². The summed E-state index contributed by atoms with van der Waals surface area (Å²) >= 11 is 1.69. The fourth-order valence-corrected chi connectivity index (χ4v) is 3.73. The predicted octanol–water partition coefficient (Wildman–Crippen LogP) is 4.45. The molecule has 1 aromatic heterocycles. The van der Waals surface area contributed by atoms with Crippen molar-refractivity contribution in [3.05, 3.63) is 12.1 Å². The molecule has 1 aromatic carbocycles. The molecule has 0 atom stereocenters. The molecule has 0 saturated heterocycles. The molecule has 0 bridgehead atoms. The van der Waals surface area contributed by atoms with E-state index in [1.165, 1.54) is 25.7 Å². The van der Waals surface area contributed by atoms with E-state index in [-0.39, 0.29) is 0 Å². The maximum atomic E-state index is 5.67. The molecule has 0 spiro atoms. The van der Waals surface area contributed by atoms with Gasteiger partial charge in [-0.1, -0.05) is 24.2 Å². The maximum Gasteiger partial charge on any atom is 0.184 e. The van der Waals surface area contributed by atoms with Crippen LogP contribution in [-0.4, -0.2) is 24.2 Å². The molecule has 21 heavy (non-hydrogen) atoms. The Morgan fingerprint density at radius 3 is 2.48 bits per heavy atom. The summed E-state index contributed by atoms with van der Waals surface area (Å²) in [6.07, 6.45) is 5.16. The first-order valence-corrected chi connectivity index (χ1v) is 8.58. The van der Waals surface area contributed by atoms with Gasteiger partial charge in [-0.3, -0.25) is 0 Å². The number of ether oxygens (including phenoxy) is 2. The fraction of sp³-hybridized carbons (Fsp3) is 0.562. The Bertz CT molecular complexity index is 563. The van der Waals surface area contributed by atoms with Gasteiger partial charge < -0.3 is 14.8 Å². The molecular formula is C16H22N2O2S. The number of fused-ring (bicyclic) bond motifs is 1. The highest BCUT2D eigenvalue weighted by Crippen LogP contribution is 2.37. The van der Waals surface area contributed by atoms with E-state index in [0.29, 0.717) is 19.3 Å². The van der Waals surface area contributed by atoms with Crippen molar-refractivity contribution < 1.29 is 9.47 Å². The summed E-state index contributed by atoms with van der Waals surface area (Å²) in [5.74, 6) is 1.59. The van der Waals surface area contributed by atoms with Crippen molar-refractivity contribution in [2.45, 2.75) is 45.6 Å². The topological polar surface area (TPSA) is 43.4 Å². The molecule has 3 rings (SSSR count). The molecule has 1 aliphatic rings. The van der Waals surface area contributed by atoms with Crippen molar-refractivity contribution in [3.63, 3.8) is 0 Å². The van der Waals surface area contributed by atoms with Crippen molar-refractivity contribution in [3.8, 4) is 11.5 Å². The van der Waals surface area contributed by atoms with E-state index in [1.807, 2.05) is 26.0 Å². The van der Waals surface area contributed by atoms with Gasteiger partial charge in [-0.05, 0) is 26.7 Å². The van der Waals surface area contributed by atoms with Crippen LogP contribution in [0.2, 0.25) is 0 Å². The van der Waals surface area contributed by atoms with Crippen LogP contribution in [0, 0.1) is 0 Å². The van der Waals surface area contributed by atoms with Crippen LogP contribution >= 0.6 is 11.3 Å². The molecule has 0 amide bonds. The number of nitrogens with one attached hydrogen (secondary N) is 1. The van der Waals surface area contributed by atoms with Gasteiger partial charge in [-0.25, -0.2) is 4.98 Å². The average molecular weight is 306 g/mol. The first-order chi connectivity index (χ1) is 10.3. The minimum atomic E-state index is 0.586. The third kappa shape index (κ3) is 3.23. The first kappa shape index (κ1) is 14.4. The van der Waals surface area contributed by atoms with Crippen LogP contribution in [0.4, 0.5) is 5.13 Å². The standard InChI is InChI=1S/C16H22N2O2S/c1-3-19-13-9-12-15(10-14(13)20-4-2)21-16(18-12)17-11-7-5-6-8-11/h9-11H,3-8H2,1-2H3,(H,17,18). The lowest BCUT2D eigenvalue weighted by atomic mass is 10.3. The van der Waals surface area contributed by atoms with E-state index in [0.717, 1.165) is 26.8 Å². The molecule has 1 N–H and O–H groups in total. The summed E-state index contributed by atoms with van der Waals surface area (Å²) in [6.45, 7) is 5.23. The van der Waals surface area contributed by atoms with Gasteiger partial charge in [0.25, 0.3) is 0 Å². The number of thiazole rings is 1. The molecule has 1 fully saturated rings. The zero-order chi connectivity index (χ0) is 14.7. The second kappa shape index (κ2) is 6.52. The lowest BCUT2D eigenvalue weighted by Crippen LogP contribution is -2.13. The molecule has 1 aliphatic carbocycles. The van der Waals surface area contributed by atoms with Crippen LogP contribution in [-0.2, 0) is 0 Å². The molecule has 1 heterocycles. The Labute approximate surface area is 129 Å². The monoisotopic (exact) mass is 306 g/mol. The molecular weight excluding hydrogens is 284 g/mol. The molecule has 4 nitrogen and oxygen atoms in total. The summed E-state index contributed by atoms with van der Waals surface area (Å²) in [6, 6.07) is 4.62. The van der Waals surface area contributed by atoms with Crippen molar-refractivity contribution in [1.29, 1.82) is 0 Å². The number of benzene rings is 1. The van der Waals surface area contributed by atoms with E-state index < -0.39 is 0 Å². The van der Waals surface area contributed by atoms with Crippen LogP contribution in [0.3, 0.4) is 0 Å². The lowest BCUT2D eigenvalue weighted by Gasteiger charge is -2.10. The van der Waals surface area contributed by atoms with Gasteiger partial charge in [0.1, 0.15) is 0 Å². The van der Waals surface area contributed by atoms with Gasteiger partial charge >= 0.3 is 0 Å². The number of hydrogen-bond acceptors (Lipinski definition) is 5. The Balaban J connectivity index is 1.88. The zero-order valence-electron chi connectivity index (χ0n) is 12.6. The van der Waals surface area contributed by atoms with Crippen LogP contribution in [0.15, 0.2) is 12.1 Å². The fourth-order valence-electron chi connectivity index (χ4n) is 2.78. The lowest BCUT2D eigenvalue weighted by molar-refractivity contribution is 0.288. The van der Waals surface area contributed by atoms with Crippen LogP contribution < -0.4 is 14.8 Å². The Morgan fingerprint density at radius 2 is 1.81 bits per heavy atom. The van der Waals surface area contributed by atoms with E-state index in [1.54, 1.807) is 11.3 Å². The van der Waals surface area contributed by atoms with Gasteiger partial charge in [0.2, 0.25) is 0 Å². The van der Waals surface area contributed by atoms with Crippen LogP contribution in [0.25, 0.3) is 10.2 Å². The van der Waals surface area contributed by atoms with E-state index >= 15 is 0 Å². The summed E-state index contributed by atoms with van der Waals surface area (Å²) in [5, 5.41) is 4.57. The molecule has 0 radical (unpaired) electrons. The molecule has 5 heteroatoms. The van der Waals surface area contributed by atoms with E-state index in [4.69, 9.17) is 14.5 Å². The summed E-state index contributed by atoms with van der Waals surface area (Å²) in [7, 11) is 0. The predicted molar refractivity (Wildman–Crippen MR) is 87.8 cm³/mol. The average Bonchev–Trinajstić information content (AvgIpc) is 3.09. The van der Waals surface area contributed by atoms with Crippen molar-refractivity contribution in [2.24, 2.45) is 0 Å². The smallest absolute Gasteiger partial charge is 0.184 e. The molecule has 114 valence electrons. The molecule has 0 aliphatic heterocycles. The third-order valence-electron chi connectivity index (χ3n) is 3.74. The minimum Gasteiger partial charge on any atom is -0.490 e. The number of hydrogen-bond donors (Lipinski definition) is 1. The maximum absolute atomic E-state index is 5.67. The highest BCUT2D eigenvalue weighted by molar-refractivity contribution is 7.22. The quantitative estimate of drug-likeness (QED) is 0.856. The SMILES string of the molecule is CCOc1cc2nc(NC3CCCC3)sc2cc1OCC. The highest BCUT2D eigenvalue weighted by Gasteiger charge is 2.17. The van der Waals surface area contributed by atoms with Gasteiger partial charge in [-0.2, -0.15) is 0 Å². The zero-order valence-corrected chi connectivity index (χ0v) is 13.5. The summed E-state index contributed by atoms with van der Waals surface area (Å²) in [4.78, 5) is 4.69. The number of nitrogens with zero attached hydrogens (tertiary/aromatic N) is 1. The molecule has 2 aromatic rings. The minimum absolute atomic E-state index is 0.586. The van der Waals surface area contributed by atoms with Gasteiger partial charge in [0, 0.05) is 18.2 Å². The Kier molecular flexibility index (Phi) is 4.48. The van der Waals surface area contributed by atoms with Crippen LogP contribution in [0.5, 0.6) is 11.5 Å². The van der Waals surface area contributed by atoms with Crippen molar-refractivity contribution >= 4 is 26.7 Å². The van der Waals surface area contributed by atoms with Crippen molar-refractivity contribution in [1.82, 2.24) is 4.98 Å². The Hall–Kier alpha value is -1.49. The highest BCUT2D eigenvalue weighted by atomic mass is 32.1. The second-order valence-electron chi connectivity index (χ2n) is 5.28. The summed E-state index contributed by atoms with van der Waals surface area (Å²) < 4.78 is 12.5. The van der Waals surface area contributed by atoms with Crippen molar-refractivity contribution in [2.75, 3.05) is 18.5 Å². The van der Waals surface area contributed by atoms with E-state index in [2.05, 4.69) is 5.32 Å². The molecule has 0 unspecified atom stereocenters. The number of aromatic nitrogens is 1. The number of anilines is 1. The second-order valence-corrected chi connectivity index (χ2v) is 6.31. The van der Waals surface area contributed by atoms with Gasteiger partial charge in [0.05, 0.1) is 23.4 Å². The van der Waals surface area contributed by atoms with Gasteiger partial charge in [0.15, 0.2) is 16.6 Å². The summed E-state index contributed by atoms with van der Waals surface area (Å²) in [5.41, 5.74) is 0.979. The number of rotatable bonds is 6.